The Morgan fingerprint density at radius 3 is 2.52 bits per heavy atom. The van der Waals surface area contributed by atoms with Crippen molar-refractivity contribution in [2.24, 2.45) is 0 Å². The van der Waals surface area contributed by atoms with Crippen LogP contribution < -0.4 is 14.4 Å². The highest BCUT2D eigenvalue weighted by atomic mass is 19.3. The minimum atomic E-state index is -2.95. The van der Waals surface area contributed by atoms with Gasteiger partial charge in [0.1, 0.15) is 0 Å². The molecule has 0 aliphatic carbocycles. The highest BCUT2D eigenvalue weighted by molar-refractivity contribution is 5.96. The summed E-state index contributed by atoms with van der Waals surface area (Å²) in [5.41, 5.74) is 2.01. The number of halogens is 2. The Hall–Kier alpha value is -3.16. The predicted molar refractivity (Wildman–Crippen MR) is 113 cm³/mol. The van der Waals surface area contributed by atoms with E-state index in [2.05, 4.69) is 4.74 Å². The first-order valence-corrected chi connectivity index (χ1v) is 10.3. The molecule has 166 valence electrons. The van der Waals surface area contributed by atoms with Gasteiger partial charge in [0.05, 0.1) is 6.61 Å². The van der Waals surface area contributed by atoms with E-state index in [0.717, 1.165) is 24.1 Å². The maximum atomic E-state index is 12.8. The fourth-order valence-electron chi connectivity index (χ4n) is 3.54. The molecular formula is C23H26F2N2O4. The van der Waals surface area contributed by atoms with Crippen molar-refractivity contribution < 1.29 is 27.8 Å². The van der Waals surface area contributed by atoms with Crippen molar-refractivity contribution in [3.63, 3.8) is 0 Å². The topological polar surface area (TPSA) is 59.1 Å². The summed E-state index contributed by atoms with van der Waals surface area (Å²) < 4.78 is 35.0. The summed E-state index contributed by atoms with van der Waals surface area (Å²) in [6.07, 6.45) is 2.44. The van der Waals surface area contributed by atoms with Gasteiger partial charge in [-0.3, -0.25) is 9.59 Å². The third kappa shape index (κ3) is 5.71. The molecule has 0 saturated carbocycles. The van der Waals surface area contributed by atoms with Gasteiger partial charge in [-0.2, -0.15) is 8.78 Å². The van der Waals surface area contributed by atoms with Gasteiger partial charge in [-0.05, 0) is 61.7 Å². The lowest BCUT2D eigenvalue weighted by Crippen LogP contribution is -2.35. The first kappa shape index (κ1) is 22.5. The van der Waals surface area contributed by atoms with Crippen LogP contribution in [0.15, 0.2) is 42.5 Å². The number of amides is 2. The molecule has 1 fully saturated rings. The predicted octanol–water partition coefficient (Wildman–Crippen LogP) is 4.48. The second kappa shape index (κ2) is 10.2. The third-order valence-corrected chi connectivity index (χ3v) is 5.04. The Kier molecular flexibility index (Phi) is 7.44. The molecule has 0 bridgehead atoms. The molecule has 8 heteroatoms. The number of piperidine rings is 1. The Morgan fingerprint density at radius 1 is 1.13 bits per heavy atom. The first-order chi connectivity index (χ1) is 14.9. The van der Waals surface area contributed by atoms with Crippen molar-refractivity contribution in [1.29, 1.82) is 0 Å². The maximum absolute atomic E-state index is 12.8. The number of rotatable bonds is 8. The molecule has 3 rings (SSSR count). The van der Waals surface area contributed by atoms with Crippen molar-refractivity contribution in [2.45, 2.75) is 39.3 Å². The van der Waals surface area contributed by atoms with Crippen LogP contribution in [0.1, 0.15) is 42.1 Å². The average molecular weight is 432 g/mol. The minimum absolute atomic E-state index is 0.0440. The van der Waals surface area contributed by atoms with E-state index in [1.807, 2.05) is 0 Å². The smallest absolute Gasteiger partial charge is 0.387 e. The largest absolute Gasteiger partial charge is 0.490 e. The normalized spacial score (nSPS) is 14.0. The molecule has 1 aliphatic heterocycles. The third-order valence-electron chi connectivity index (χ3n) is 5.04. The SMILES string of the molecule is CCOc1cc(CN(C)C(=O)c2ccc(N3CCCCC3=O)cc2)ccc1OC(F)F. The summed E-state index contributed by atoms with van der Waals surface area (Å²) in [6, 6.07) is 11.6. The highest BCUT2D eigenvalue weighted by Gasteiger charge is 2.20. The molecule has 1 saturated heterocycles. The molecule has 2 aromatic rings. The maximum Gasteiger partial charge on any atom is 0.387 e. The molecule has 1 heterocycles. The summed E-state index contributed by atoms with van der Waals surface area (Å²) in [7, 11) is 1.66. The van der Waals surface area contributed by atoms with Crippen molar-refractivity contribution in [3.05, 3.63) is 53.6 Å². The lowest BCUT2D eigenvalue weighted by molar-refractivity contribution is -0.119. The van der Waals surface area contributed by atoms with E-state index < -0.39 is 6.61 Å². The molecule has 0 N–H and O–H groups in total. The van der Waals surface area contributed by atoms with E-state index in [1.54, 1.807) is 55.3 Å². The number of carbonyl (C=O) groups is 2. The fraction of sp³-hybridized carbons (Fsp3) is 0.391. The molecule has 2 amide bonds. The molecule has 1 aliphatic rings. The van der Waals surface area contributed by atoms with E-state index in [-0.39, 0.29) is 29.9 Å². The Morgan fingerprint density at radius 2 is 1.87 bits per heavy atom. The zero-order valence-corrected chi connectivity index (χ0v) is 17.6. The monoisotopic (exact) mass is 432 g/mol. The van der Waals surface area contributed by atoms with Crippen molar-refractivity contribution in [2.75, 3.05) is 25.1 Å². The zero-order valence-electron chi connectivity index (χ0n) is 17.6. The van der Waals surface area contributed by atoms with Crippen molar-refractivity contribution >= 4 is 17.5 Å². The van der Waals surface area contributed by atoms with Gasteiger partial charge in [0.25, 0.3) is 5.91 Å². The zero-order chi connectivity index (χ0) is 22.4. The van der Waals surface area contributed by atoms with Gasteiger partial charge in [-0.25, -0.2) is 0 Å². The van der Waals surface area contributed by atoms with Crippen LogP contribution in [0.4, 0.5) is 14.5 Å². The van der Waals surface area contributed by atoms with Gasteiger partial charge in [-0.15, -0.1) is 0 Å². The summed E-state index contributed by atoms with van der Waals surface area (Å²) >= 11 is 0. The Balaban J connectivity index is 1.68. The molecule has 0 unspecified atom stereocenters. The molecule has 31 heavy (non-hydrogen) atoms. The molecule has 2 aromatic carbocycles. The number of alkyl halides is 2. The molecule has 0 spiro atoms. The summed E-state index contributed by atoms with van der Waals surface area (Å²) in [5.74, 6) is 0.0725. The van der Waals surface area contributed by atoms with Gasteiger partial charge < -0.3 is 19.3 Å². The van der Waals surface area contributed by atoms with E-state index in [4.69, 9.17) is 4.74 Å². The lowest BCUT2D eigenvalue weighted by atomic mass is 10.1. The average Bonchev–Trinajstić information content (AvgIpc) is 2.75. The quantitative estimate of drug-likeness (QED) is 0.617. The standard InChI is InChI=1S/C23H26F2N2O4/c1-3-30-20-14-16(7-12-19(20)31-23(24)25)15-26(2)22(29)17-8-10-18(11-9-17)27-13-5-4-6-21(27)28/h7-12,14,23H,3-6,13,15H2,1-2H3. The molecular weight excluding hydrogens is 406 g/mol. The first-order valence-electron chi connectivity index (χ1n) is 10.3. The van der Waals surface area contributed by atoms with Gasteiger partial charge in [0.2, 0.25) is 5.91 Å². The van der Waals surface area contributed by atoms with Crippen LogP contribution >= 0.6 is 0 Å². The van der Waals surface area contributed by atoms with Crippen LogP contribution in [0.25, 0.3) is 0 Å². The summed E-state index contributed by atoms with van der Waals surface area (Å²) in [5, 5.41) is 0. The van der Waals surface area contributed by atoms with Crippen molar-refractivity contribution in [1.82, 2.24) is 4.90 Å². The van der Waals surface area contributed by atoms with Crippen LogP contribution in [-0.4, -0.2) is 43.5 Å². The van der Waals surface area contributed by atoms with Gasteiger partial charge in [0.15, 0.2) is 11.5 Å². The highest BCUT2D eigenvalue weighted by Crippen LogP contribution is 2.30. The van der Waals surface area contributed by atoms with E-state index in [1.165, 1.54) is 11.0 Å². The lowest BCUT2D eigenvalue weighted by Gasteiger charge is -2.27. The molecule has 0 radical (unpaired) electrons. The fourth-order valence-corrected chi connectivity index (χ4v) is 3.54. The van der Waals surface area contributed by atoms with Crippen LogP contribution in [-0.2, 0) is 11.3 Å². The number of benzene rings is 2. The summed E-state index contributed by atoms with van der Waals surface area (Å²) in [4.78, 5) is 28.2. The number of carbonyl (C=O) groups excluding carboxylic acids is 2. The molecule has 0 atom stereocenters. The van der Waals surface area contributed by atoms with Gasteiger partial charge in [0, 0.05) is 37.8 Å². The molecule has 0 aromatic heterocycles. The van der Waals surface area contributed by atoms with E-state index in [0.29, 0.717) is 25.1 Å². The Labute approximate surface area is 180 Å². The van der Waals surface area contributed by atoms with E-state index >= 15 is 0 Å². The number of anilines is 1. The van der Waals surface area contributed by atoms with Crippen LogP contribution in [0, 0.1) is 0 Å². The number of ether oxygens (including phenoxy) is 2. The van der Waals surface area contributed by atoms with Crippen LogP contribution in [0.2, 0.25) is 0 Å². The van der Waals surface area contributed by atoms with Crippen LogP contribution in [0.3, 0.4) is 0 Å². The second-order valence-corrected chi connectivity index (χ2v) is 7.30. The van der Waals surface area contributed by atoms with Gasteiger partial charge >= 0.3 is 6.61 Å². The number of nitrogens with zero attached hydrogens (tertiary/aromatic N) is 2. The van der Waals surface area contributed by atoms with Crippen molar-refractivity contribution in [3.8, 4) is 11.5 Å². The molecule has 6 nitrogen and oxygen atoms in total. The second-order valence-electron chi connectivity index (χ2n) is 7.30. The Bertz CT molecular complexity index is 918. The minimum Gasteiger partial charge on any atom is -0.490 e. The van der Waals surface area contributed by atoms with E-state index in [9.17, 15) is 18.4 Å². The van der Waals surface area contributed by atoms with Gasteiger partial charge in [-0.1, -0.05) is 6.07 Å². The number of hydrogen-bond acceptors (Lipinski definition) is 4. The van der Waals surface area contributed by atoms with Crippen LogP contribution in [0.5, 0.6) is 11.5 Å². The summed E-state index contributed by atoms with van der Waals surface area (Å²) in [6.45, 7) is 0.0522. The number of hydrogen-bond donors (Lipinski definition) is 0.